The monoisotopic (exact) mass is 324 g/mol. The van der Waals surface area contributed by atoms with Crippen molar-refractivity contribution in [2.75, 3.05) is 0 Å². The van der Waals surface area contributed by atoms with Crippen LogP contribution >= 0.6 is 15.9 Å². The maximum Gasteiger partial charge on any atom is 0.331 e. The van der Waals surface area contributed by atoms with E-state index in [1.54, 1.807) is 13.8 Å². The highest BCUT2D eigenvalue weighted by molar-refractivity contribution is 9.10. The number of aryl methyl sites for hydroxylation is 1. The molecule has 19 heavy (non-hydrogen) atoms. The minimum absolute atomic E-state index is 0.416. The Kier molecular flexibility index (Phi) is 3.40. The molecule has 0 saturated heterocycles. The number of aliphatic carboxylic acids is 1. The summed E-state index contributed by atoms with van der Waals surface area (Å²) in [7, 11) is 0. The number of hydrogen-bond donors (Lipinski definition) is 1. The molecule has 1 aromatic carbocycles. The summed E-state index contributed by atoms with van der Waals surface area (Å²) in [5, 5.41) is 20.6. The zero-order valence-electron chi connectivity index (χ0n) is 10.8. The molecule has 100 valence electrons. The highest BCUT2D eigenvalue weighted by Crippen LogP contribution is 2.29. The number of halogens is 1. The molecule has 0 saturated carbocycles. The van der Waals surface area contributed by atoms with Crippen molar-refractivity contribution >= 4 is 21.9 Å². The second-order valence-electron chi connectivity index (χ2n) is 4.76. The molecule has 2 rings (SSSR count). The molecule has 0 spiro atoms. The Hall–Kier alpha value is -1.76. The zero-order chi connectivity index (χ0) is 14.2. The van der Waals surface area contributed by atoms with E-state index in [0.717, 1.165) is 15.6 Å². The quantitative estimate of drug-likeness (QED) is 0.936. The van der Waals surface area contributed by atoms with Crippen LogP contribution in [0.1, 0.15) is 19.4 Å². The number of carboxylic acids is 1. The summed E-state index contributed by atoms with van der Waals surface area (Å²) in [4.78, 5) is 11.3. The van der Waals surface area contributed by atoms with Crippen LogP contribution in [-0.4, -0.2) is 31.3 Å². The number of carboxylic acid groups (broad SMARTS) is 1. The summed E-state index contributed by atoms with van der Waals surface area (Å²) in [5.41, 5.74) is 0.625. The van der Waals surface area contributed by atoms with E-state index in [1.165, 1.54) is 4.68 Å². The van der Waals surface area contributed by atoms with Gasteiger partial charge in [-0.3, -0.25) is 0 Å². The fraction of sp³-hybridized carbons (Fsp3) is 0.333. The van der Waals surface area contributed by atoms with Crippen LogP contribution in [0.15, 0.2) is 22.7 Å². The molecule has 7 heteroatoms. The average Bonchev–Trinajstić information content (AvgIpc) is 2.78. The van der Waals surface area contributed by atoms with Gasteiger partial charge in [0.15, 0.2) is 11.4 Å². The number of rotatable bonds is 3. The lowest BCUT2D eigenvalue weighted by molar-refractivity contribution is -0.146. The first-order valence-corrected chi connectivity index (χ1v) is 6.42. The van der Waals surface area contributed by atoms with Crippen LogP contribution in [0, 0.1) is 6.92 Å². The molecule has 0 aliphatic rings. The predicted molar refractivity (Wildman–Crippen MR) is 72.6 cm³/mol. The summed E-state index contributed by atoms with van der Waals surface area (Å²) in [6.07, 6.45) is 0. The Labute approximate surface area is 118 Å². The van der Waals surface area contributed by atoms with Crippen molar-refractivity contribution in [3.05, 3.63) is 28.2 Å². The van der Waals surface area contributed by atoms with Gasteiger partial charge in [-0.2, -0.15) is 0 Å². The number of aromatic nitrogens is 4. The van der Waals surface area contributed by atoms with Gasteiger partial charge in [-0.05, 0) is 48.9 Å². The summed E-state index contributed by atoms with van der Waals surface area (Å²) in [6, 6.07) is 5.72. The van der Waals surface area contributed by atoms with Crippen LogP contribution in [0.5, 0.6) is 0 Å². The van der Waals surface area contributed by atoms with Crippen molar-refractivity contribution < 1.29 is 9.90 Å². The normalized spacial score (nSPS) is 11.6. The van der Waals surface area contributed by atoms with Gasteiger partial charge in [0.05, 0.1) is 0 Å². The van der Waals surface area contributed by atoms with E-state index in [-0.39, 0.29) is 0 Å². The van der Waals surface area contributed by atoms with E-state index >= 15 is 0 Å². The second kappa shape index (κ2) is 4.73. The second-order valence-corrected chi connectivity index (χ2v) is 5.62. The van der Waals surface area contributed by atoms with E-state index in [2.05, 4.69) is 31.5 Å². The fourth-order valence-corrected chi connectivity index (χ4v) is 2.29. The van der Waals surface area contributed by atoms with Gasteiger partial charge in [-0.15, -0.1) is 5.10 Å². The van der Waals surface area contributed by atoms with Gasteiger partial charge in [0.25, 0.3) is 0 Å². The molecule has 0 aliphatic heterocycles. The third kappa shape index (κ3) is 2.37. The van der Waals surface area contributed by atoms with Gasteiger partial charge in [0, 0.05) is 10.0 Å². The highest BCUT2D eigenvalue weighted by atomic mass is 79.9. The Morgan fingerprint density at radius 1 is 1.42 bits per heavy atom. The average molecular weight is 325 g/mol. The first-order valence-electron chi connectivity index (χ1n) is 5.63. The molecule has 0 amide bonds. The van der Waals surface area contributed by atoms with E-state index in [0.29, 0.717) is 5.82 Å². The molecule has 6 nitrogen and oxygen atoms in total. The van der Waals surface area contributed by atoms with Gasteiger partial charge in [0.2, 0.25) is 0 Å². The molecule has 0 radical (unpaired) electrons. The third-order valence-corrected chi connectivity index (χ3v) is 3.54. The van der Waals surface area contributed by atoms with Crippen LogP contribution in [0.25, 0.3) is 11.4 Å². The van der Waals surface area contributed by atoms with Crippen molar-refractivity contribution in [2.45, 2.75) is 26.3 Å². The van der Waals surface area contributed by atoms with Crippen LogP contribution in [0.4, 0.5) is 0 Å². The number of nitrogens with zero attached hydrogens (tertiary/aromatic N) is 4. The van der Waals surface area contributed by atoms with Gasteiger partial charge in [-0.25, -0.2) is 9.48 Å². The lowest BCUT2D eigenvalue weighted by Crippen LogP contribution is -2.37. The number of hydrogen-bond acceptors (Lipinski definition) is 4. The number of benzene rings is 1. The molecule has 0 atom stereocenters. The maximum absolute atomic E-state index is 11.3. The van der Waals surface area contributed by atoms with Crippen LogP contribution in [-0.2, 0) is 10.3 Å². The molecule has 0 bridgehead atoms. The van der Waals surface area contributed by atoms with E-state index in [9.17, 15) is 9.90 Å². The molecule has 0 aliphatic carbocycles. The van der Waals surface area contributed by atoms with Crippen molar-refractivity contribution in [3.63, 3.8) is 0 Å². The summed E-state index contributed by atoms with van der Waals surface area (Å²) < 4.78 is 2.13. The molecule has 1 heterocycles. The zero-order valence-corrected chi connectivity index (χ0v) is 12.3. The fourth-order valence-electron chi connectivity index (χ4n) is 1.62. The Balaban J connectivity index is 2.60. The van der Waals surface area contributed by atoms with Crippen LogP contribution in [0.3, 0.4) is 0 Å². The molecule has 0 fully saturated rings. The minimum Gasteiger partial charge on any atom is -0.479 e. The van der Waals surface area contributed by atoms with E-state index in [4.69, 9.17) is 0 Å². The maximum atomic E-state index is 11.3. The van der Waals surface area contributed by atoms with E-state index in [1.807, 2.05) is 25.1 Å². The lowest BCUT2D eigenvalue weighted by Gasteiger charge is -2.20. The van der Waals surface area contributed by atoms with Crippen LogP contribution < -0.4 is 0 Å². The molecular weight excluding hydrogens is 312 g/mol. The minimum atomic E-state index is -1.22. The first kappa shape index (κ1) is 13.7. The third-order valence-electron chi connectivity index (χ3n) is 2.89. The smallest absolute Gasteiger partial charge is 0.331 e. The van der Waals surface area contributed by atoms with Crippen LogP contribution in [0.2, 0.25) is 0 Å². The lowest BCUT2D eigenvalue weighted by atomic mass is 10.1. The molecule has 1 N–H and O–H groups in total. The largest absolute Gasteiger partial charge is 0.479 e. The topological polar surface area (TPSA) is 80.9 Å². The van der Waals surface area contributed by atoms with Gasteiger partial charge >= 0.3 is 5.97 Å². The summed E-state index contributed by atoms with van der Waals surface area (Å²) in [5.74, 6) is -0.580. The van der Waals surface area contributed by atoms with Crippen molar-refractivity contribution in [1.29, 1.82) is 0 Å². The predicted octanol–water partition coefficient (Wildman–Crippen LogP) is 2.23. The van der Waals surface area contributed by atoms with Gasteiger partial charge in [0.1, 0.15) is 0 Å². The van der Waals surface area contributed by atoms with Gasteiger partial charge < -0.3 is 5.11 Å². The Morgan fingerprint density at radius 3 is 2.68 bits per heavy atom. The Bertz CT molecular complexity index is 636. The van der Waals surface area contributed by atoms with Crippen molar-refractivity contribution in [1.82, 2.24) is 20.2 Å². The van der Waals surface area contributed by atoms with Gasteiger partial charge in [-0.1, -0.05) is 22.0 Å². The standard InChI is InChI=1S/C12H13BrN4O2/c1-7-4-5-8(9(13)6-7)10-14-15-16-17(10)12(2,3)11(18)19/h4-6H,1-3H3,(H,18,19). The SMILES string of the molecule is Cc1ccc(-c2nnnn2C(C)(C)C(=O)O)c(Br)c1. The highest BCUT2D eigenvalue weighted by Gasteiger charge is 2.34. The molecule has 1 aromatic heterocycles. The first-order chi connectivity index (χ1) is 8.84. The molecule has 2 aromatic rings. The summed E-state index contributed by atoms with van der Waals surface area (Å²) in [6.45, 7) is 5.08. The van der Waals surface area contributed by atoms with Crippen molar-refractivity contribution in [2.24, 2.45) is 0 Å². The van der Waals surface area contributed by atoms with Crippen molar-refractivity contribution in [3.8, 4) is 11.4 Å². The van der Waals surface area contributed by atoms with E-state index < -0.39 is 11.5 Å². The molecule has 0 unspecified atom stereocenters. The Morgan fingerprint density at radius 2 is 2.11 bits per heavy atom. The number of carbonyl (C=O) groups is 1. The molecular formula is C12H13BrN4O2. The number of tetrazole rings is 1. The summed E-state index contributed by atoms with van der Waals surface area (Å²) >= 11 is 3.45.